The Kier molecular flexibility index (Phi) is 5.79. The topological polar surface area (TPSA) is 136 Å². The summed E-state index contributed by atoms with van der Waals surface area (Å²) < 4.78 is 32.9. The van der Waals surface area contributed by atoms with Crippen LogP contribution in [0.3, 0.4) is 0 Å². The van der Waals surface area contributed by atoms with Crippen molar-refractivity contribution in [1.29, 1.82) is 0 Å². The van der Waals surface area contributed by atoms with Gasteiger partial charge in [0.1, 0.15) is 0 Å². The lowest BCUT2D eigenvalue weighted by molar-refractivity contribution is -0.127. The van der Waals surface area contributed by atoms with E-state index in [1.807, 2.05) is 19.1 Å². The zero-order valence-corrected chi connectivity index (χ0v) is 17.2. The van der Waals surface area contributed by atoms with Crippen molar-refractivity contribution in [2.45, 2.75) is 37.3 Å². The fraction of sp³-hybridized carbons (Fsp3) is 0.250. The first kappa shape index (κ1) is 21.3. The summed E-state index contributed by atoms with van der Waals surface area (Å²) in [6.45, 7) is 3.08. The number of nitrogens with two attached hydrogens (primary N) is 1. The molecule has 0 saturated heterocycles. The summed E-state index contributed by atoms with van der Waals surface area (Å²) in [5, 5.41) is 1.81. The van der Waals surface area contributed by atoms with E-state index in [0.717, 1.165) is 5.56 Å². The zero-order chi connectivity index (χ0) is 22.1. The normalized spacial score (nSPS) is 16.5. The number of para-hydroxylation sites is 1. The number of primary amides is 1. The first-order valence-corrected chi connectivity index (χ1v) is 10.6. The molecule has 9 nitrogen and oxygen atoms in total. The maximum absolute atomic E-state index is 13.3. The molecule has 2 aromatic rings. The summed E-state index contributed by atoms with van der Waals surface area (Å²) in [7, 11) is -3.93. The number of carbonyl (C=O) groups excluding carboxylic acids is 3. The van der Waals surface area contributed by atoms with Gasteiger partial charge in [0.15, 0.2) is 6.10 Å². The lowest BCUT2D eigenvalue weighted by Crippen LogP contribution is -2.42. The number of nitrogens with one attached hydrogen (secondary N) is 1. The van der Waals surface area contributed by atoms with Crippen LogP contribution in [-0.4, -0.2) is 38.5 Å². The highest BCUT2D eigenvalue weighted by atomic mass is 32.2. The molecule has 3 amide bonds. The zero-order valence-electron chi connectivity index (χ0n) is 16.4. The van der Waals surface area contributed by atoms with Gasteiger partial charge < -0.3 is 10.5 Å². The number of carbonyl (C=O) groups is 3. The molecule has 0 fully saturated rings. The highest BCUT2D eigenvalue weighted by molar-refractivity contribution is 7.92. The van der Waals surface area contributed by atoms with Gasteiger partial charge in [0, 0.05) is 6.04 Å². The SMILES string of the molecule is CC(OC(=O)c1cccc(S(=O)(=O)N2c3ccccc3CC2C)c1)C(=O)NC(N)=O. The Morgan fingerprint density at radius 1 is 1.17 bits per heavy atom. The molecule has 0 aromatic heterocycles. The molecule has 1 aliphatic rings. The second kappa shape index (κ2) is 8.15. The Balaban J connectivity index is 1.85. The van der Waals surface area contributed by atoms with Crippen molar-refractivity contribution in [3.8, 4) is 0 Å². The minimum Gasteiger partial charge on any atom is -0.449 e. The minimum atomic E-state index is -3.93. The lowest BCUT2D eigenvalue weighted by Gasteiger charge is -2.24. The molecule has 0 spiro atoms. The fourth-order valence-electron chi connectivity index (χ4n) is 3.31. The van der Waals surface area contributed by atoms with Crippen LogP contribution in [0.2, 0.25) is 0 Å². The number of ether oxygens (including phenoxy) is 1. The molecule has 10 heteroatoms. The molecule has 2 atom stereocenters. The number of amides is 3. The van der Waals surface area contributed by atoms with Crippen molar-refractivity contribution in [1.82, 2.24) is 5.32 Å². The molecule has 158 valence electrons. The van der Waals surface area contributed by atoms with Gasteiger partial charge in [-0.1, -0.05) is 24.3 Å². The van der Waals surface area contributed by atoms with Crippen LogP contribution in [0.15, 0.2) is 53.4 Å². The number of rotatable bonds is 5. The first-order chi connectivity index (χ1) is 14.1. The molecule has 0 bridgehead atoms. The largest absolute Gasteiger partial charge is 0.449 e. The summed E-state index contributed by atoms with van der Waals surface area (Å²) in [6.07, 6.45) is -0.709. The maximum atomic E-state index is 13.3. The summed E-state index contributed by atoms with van der Waals surface area (Å²) in [5.74, 6) is -1.80. The fourth-order valence-corrected chi connectivity index (χ4v) is 5.04. The van der Waals surface area contributed by atoms with Crippen LogP contribution in [0, 0.1) is 0 Å². The Morgan fingerprint density at radius 3 is 2.57 bits per heavy atom. The first-order valence-electron chi connectivity index (χ1n) is 9.15. The predicted molar refractivity (Wildman–Crippen MR) is 108 cm³/mol. The summed E-state index contributed by atoms with van der Waals surface area (Å²) in [6, 6.07) is 11.3. The van der Waals surface area contributed by atoms with E-state index in [9.17, 15) is 22.8 Å². The van der Waals surface area contributed by atoms with Crippen LogP contribution in [0.5, 0.6) is 0 Å². The number of hydrogen-bond donors (Lipinski definition) is 2. The molecule has 3 N–H and O–H groups in total. The van der Waals surface area contributed by atoms with Gasteiger partial charge in [-0.2, -0.15) is 0 Å². The number of imide groups is 1. The molecule has 2 unspecified atom stereocenters. The Hall–Kier alpha value is -3.40. The van der Waals surface area contributed by atoms with E-state index in [-0.39, 0.29) is 16.5 Å². The number of urea groups is 1. The Labute approximate surface area is 173 Å². The molecule has 2 aromatic carbocycles. The van der Waals surface area contributed by atoms with Crippen molar-refractivity contribution in [2.24, 2.45) is 5.73 Å². The molecular weight excluding hydrogens is 410 g/mol. The number of benzene rings is 2. The van der Waals surface area contributed by atoms with Crippen LogP contribution in [0.4, 0.5) is 10.5 Å². The lowest BCUT2D eigenvalue weighted by atomic mass is 10.1. The number of anilines is 1. The van der Waals surface area contributed by atoms with Crippen LogP contribution in [-0.2, 0) is 26.0 Å². The molecule has 0 radical (unpaired) electrons. The average Bonchev–Trinajstić information content (AvgIpc) is 3.03. The van der Waals surface area contributed by atoms with Gasteiger partial charge in [-0.25, -0.2) is 18.0 Å². The van der Waals surface area contributed by atoms with Crippen molar-refractivity contribution in [3.63, 3.8) is 0 Å². The smallest absolute Gasteiger partial charge is 0.338 e. The third-order valence-corrected chi connectivity index (χ3v) is 6.59. The number of hydrogen-bond acceptors (Lipinski definition) is 6. The quantitative estimate of drug-likeness (QED) is 0.690. The number of nitrogens with zero attached hydrogens (tertiary/aromatic N) is 1. The highest BCUT2D eigenvalue weighted by Gasteiger charge is 2.36. The number of esters is 1. The van der Waals surface area contributed by atoms with Crippen molar-refractivity contribution >= 4 is 33.6 Å². The summed E-state index contributed by atoms with van der Waals surface area (Å²) >= 11 is 0. The van der Waals surface area contributed by atoms with Crippen molar-refractivity contribution < 1.29 is 27.5 Å². The monoisotopic (exact) mass is 431 g/mol. The summed E-state index contributed by atoms with van der Waals surface area (Å²) in [4.78, 5) is 34.7. The number of sulfonamides is 1. The molecule has 30 heavy (non-hydrogen) atoms. The standard InChI is InChI=1S/C20H21N3O6S/c1-12-10-14-6-3-4-9-17(14)23(12)30(27,28)16-8-5-7-15(11-16)19(25)29-13(2)18(24)22-20(21)26/h3-9,11-13H,10H2,1-2H3,(H3,21,22,24,26). The van der Waals surface area contributed by atoms with E-state index in [1.165, 1.54) is 35.5 Å². The predicted octanol–water partition coefficient (Wildman–Crippen LogP) is 1.57. The summed E-state index contributed by atoms with van der Waals surface area (Å²) in [5.41, 5.74) is 6.35. The van der Waals surface area contributed by atoms with Crippen LogP contribution in [0.1, 0.15) is 29.8 Å². The van der Waals surface area contributed by atoms with Crippen molar-refractivity contribution in [2.75, 3.05) is 4.31 Å². The van der Waals surface area contributed by atoms with Gasteiger partial charge in [0.25, 0.3) is 15.9 Å². The second-order valence-electron chi connectivity index (χ2n) is 6.91. The van der Waals surface area contributed by atoms with Crippen LogP contribution >= 0.6 is 0 Å². The maximum Gasteiger partial charge on any atom is 0.338 e. The third-order valence-electron chi connectivity index (χ3n) is 4.67. The van der Waals surface area contributed by atoms with Crippen molar-refractivity contribution in [3.05, 3.63) is 59.7 Å². The van der Waals surface area contributed by atoms with Gasteiger partial charge in [0.05, 0.1) is 16.1 Å². The third kappa shape index (κ3) is 4.13. The van der Waals surface area contributed by atoms with Crippen LogP contribution < -0.4 is 15.4 Å². The van der Waals surface area contributed by atoms with Gasteiger partial charge >= 0.3 is 12.0 Å². The van der Waals surface area contributed by atoms with E-state index >= 15 is 0 Å². The Morgan fingerprint density at radius 2 is 1.87 bits per heavy atom. The molecule has 1 heterocycles. The van der Waals surface area contributed by atoms with Gasteiger partial charge in [0.2, 0.25) is 0 Å². The van der Waals surface area contributed by atoms with Crippen LogP contribution in [0.25, 0.3) is 0 Å². The second-order valence-corrected chi connectivity index (χ2v) is 8.73. The van der Waals surface area contributed by atoms with E-state index < -0.39 is 34.0 Å². The van der Waals surface area contributed by atoms with E-state index in [1.54, 1.807) is 17.4 Å². The van der Waals surface area contributed by atoms with E-state index in [0.29, 0.717) is 12.1 Å². The molecule has 3 rings (SSSR count). The van der Waals surface area contributed by atoms with E-state index in [4.69, 9.17) is 10.5 Å². The molecule has 1 aliphatic heterocycles. The van der Waals surface area contributed by atoms with Gasteiger partial charge in [-0.15, -0.1) is 0 Å². The minimum absolute atomic E-state index is 0.0464. The molecule has 0 saturated carbocycles. The Bertz CT molecular complexity index is 1120. The average molecular weight is 431 g/mol. The molecular formula is C20H21N3O6S. The van der Waals surface area contributed by atoms with Gasteiger partial charge in [-0.3, -0.25) is 14.4 Å². The van der Waals surface area contributed by atoms with E-state index in [2.05, 4.69) is 0 Å². The van der Waals surface area contributed by atoms with Gasteiger partial charge in [-0.05, 0) is 50.1 Å². The molecule has 0 aliphatic carbocycles. The highest BCUT2D eigenvalue weighted by Crippen LogP contribution is 2.36. The number of fused-ring (bicyclic) bond motifs is 1.